The molecule has 7 heteroatoms. The molecule has 0 radical (unpaired) electrons. The first-order valence-corrected chi connectivity index (χ1v) is 6.20. The molecule has 18 heavy (non-hydrogen) atoms. The van der Waals surface area contributed by atoms with E-state index in [4.69, 9.17) is 5.73 Å². The minimum atomic E-state index is 0.468. The van der Waals surface area contributed by atoms with Crippen molar-refractivity contribution in [2.75, 3.05) is 11.1 Å². The van der Waals surface area contributed by atoms with Crippen LogP contribution in [0.2, 0.25) is 0 Å². The van der Waals surface area contributed by atoms with Gasteiger partial charge in [-0.3, -0.25) is 0 Å². The predicted molar refractivity (Wildman–Crippen MR) is 70.4 cm³/mol. The summed E-state index contributed by atoms with van der Waals surface area (Å²) in [6.07, 6.45) is 1.30. The van der Waals surface area contributed by atoms with E-state index in [0.29, 0.717) is 18.1 Å². The van der Waals surface area contributed by atoms with Gasteiger partial charge in [-0.2, -0.15) is 4.98 Å². The molecule has 3 N–H and O–H groups in total. The van der Waals surface area contributed by atoms with Crippen molar-refractivity contribution < 1.29 is 4.52 Å². The average Bonchev–Trinajstić information content (AvgIpc) is 2.94. The number of aryl methyl sites for hydroxylation is 1. The zero-order valence-electron chi connectivity index (χ0n) is 9.67. The smallest absolute Gasteiger partial charge is 0.213 e. The van der Waals surface area contributed by atoms with E-state index in [0.717, 1.165) is 20.9 Å². The molecule has 0 fully saturated rings. The summed E-state index contributed by atoms with van der Waals surface area (Å²) in [5.41, 5.74) is 8.45. The van der Waals surface area contributed by atoms with E-state index in [-0.39, 0.29) is 0 Å². The maximum Gasteiger partial charge on any atom is 0.213 e. The van der Waals surface area contributed by atoms with Crippen molar-refractivity contribution in [2.45, 2.75) is 13.5 Å². The molecule has 1 aromatic carbocycles. The van der Waals surface area contributed by atoms with Crippen LogP contribution in [0.3, 0.4) is 0 Å². The number of nitrogens with one attached hydrogen (secondary N) is 1. The van der Waals surface area contributed by atoms with Crippen molar-refractivity contribution in [3.05, 3.63) is 29.4 Å². The quantitative estimate of drug-likeness (QED) is 0.702. The number of hydrogen-bond donors (Lipinski definition) is 2. The SMILES string of the molecule is Cc1nc2cc(NCc3ncon3)c(N)cc2s1. The predicted octanol–water partition coefficient (Wildman–Crippen LogP) is 2.18. The first-order chi connectivity index (χ1) is 8.72. The third-order valence-corrected chi connectivity index (χ3v) is 3.44. The number of nitrogens with two attached hydrogens (primary N) is 1. The molecule has 2 heterocycles. The van der Waals surface area contributed by atoms with Gasteiger partial charge in [0.05, 0.1) is 33.1 Å². The molecule has 0 unspecified atom stereocenters. The van der Waals surface area contributed by atoms with Gasteiger partial charge in [-0.05, 0) is 19.1 Å². The molecule has 0 saturated heterocycles. The number of benzene rings is 1. The van der Waals surface area contributed by atoms with Gasteiger partial charge in [-0.1, -0.05) is 5.16 Å². The molecule has 92 valence electrons. The lowest BCUT2D eigenvalue weighted by atomic mass is 10.2. The number of thiazole rings is 1. The molecule has 2 aromatic heterocycles. The highest BCUT2D eigenvalue weighted by Crippen LogP contribution is 2.29. The lowest BCUT2D eigenvalue weighted by Gasteiger charge is -2.06. The minimum absolute atomic E-state index is 0.468. The Kier molecular flexibility index (Phi) is 2.60. The van der Waals surface area contributed by atoms with Crippen molar-refractivity contribution in [1.29, 1.82) is 0 Å². The third-order valence-electron chi connectivity index (χ3n) is 2.51. The number of nitrogens with zero attached hydrogens (tertiary/aromatic N) is 3. The lowest BCUT2D eigenvalue weighted by molar-refractivity contribution is 0.411. The van der Waals surface area contributed by atoms with Gasteiger partial charge >= 0.3 is 0 Å². The zero-order chi connectivity index (χ0) is 12.5. The molecule has 3 aromatic rings. The van der Waals surface area contributed by atoms with Gasteiger partial charge in [0.25, 0.3) is 0 Å². The van der Waals surface area contributed by atoms with Crippen LogP contribution < -0.4 is 11.1 Å². The van der Waals surface area contributed by atoms with Crippen molar-refractivity contribution >= 4 is 32.9 Å². The van der Waals surface area contributed by atoms with Crippen LogP contribution in [0.5, 0.6) is 0 Å². The monoisotopic (exact) mass is 261 g/mol. The van der Waals surface area contributed by atoms with Crippen molar-refractivity contribution in [1.82, 2.24) is 15.1 Å². The van der Waals surface area contributed by atoms with E-state index >= 15 is 0 Å². The highest BCUT2D eigenvalue weighted by Gasteiger charge is 2.07. The van der Waals surface area contributed by atoms with E-state index in [9.17, 15) is 0 Å². The topological polar surface area (TPSA) is 89.9 Å². The fourth-order valence-electron chi connectivity index (χ4n) is 1.70. The van der Waals surface area contributed by atoms with Gasteiger partial charge in [0.15, 0.2) is 5.82 Å². The number of anilines is 2. The van der Waals surface area contributed by atoms with E-state index in [1.165, 1.54) is 6.39 Å². The Morgan fingerprint density at radius 2 is 2.33 bits per heavy atom. The summed E-state index contributed by atoms with van der Waals surface area (Å²) in [6, 6.07) is 3.87. The van der Waals surface area contributed by atoms with Gasteiger partial charge in [0.2, 0.25) is 6.39 Å². The normalized spacial score (nSPS) is 10.9. The Morgan fingerprint density at radius 1 is 1.44 bits per heavy atom. The molecule has 6 nitrogen and oxygen atoms in total. The Balaban J connectivity index is 1.88. The minimum Gasteiger partial charge on any atom is -0.397 e. The van der Waals surface area contributed by atoms with Crippen LogP contribution in [0.15, 0.2) is 23.0 Å². The summed E-state index contributed by atoms with van der Waals surface area (Å²) < 4.78 is 5.76. The van der Waals surface area contributed by atoms with Crippen molar-refractivity contribution in [3.8, 4) is 0 Å². The number of rotatable bonds is 3. The second-order valence-electron chi connectivity index (χ2n) is 3.84. The van der Waals surface area contributed by atoms with E-state index in [2.05, 4.69) is 25.0 Å². The van der Waals surface area contributed by atoms with E-state index in [1.54, 1.807) is 11.3 Å². The van der Waals surface area contributed by atoms with Gasteiger partial charge < -0.3 is 15.6 Å². The lowest BCUT2D eigenvalue weighted by Crippen LogP contribution is -2.03. The van der Waals surface area contributed by atoms with Crippen LogP contribution in [-0.4, -0.2) is 15.1 Å². The molecular weight excluding hydrogens is 250 g/mol. The summed E-state index contributed by atoms with van der Waals surface area (Å²) in [6.45, 7) is 2.45. The summed E-state index contributed by atoms with van der Waals surface area (Å²) in [5.74, 6) is 0.587. The Hall–Kier alpha value is -2.15. The van der Waals surface area contributed by atoms with Gasteiger partial charge in [0, 0.05) is 0 Å². The molecule has 0 aliphatic carbocycles. The Bertz CT molecular complexity index is 676. The molecule has 3 rings (SSSR count). The average molecular weight is 261 g/mol. The molecule has 0 aliphatic heterocycles. The molecule has 0 atom stereocenters. The Labute approximate surface area is 107 Å². The molecular formula is C11H11N5OS. The fraction of sp³-hybridized carbons (Fsp3) is 0.182. The Morgan fingerprint density at radius 3 is 3.11 bits per heavy atom. The molecule has 0 saturated carbocycles. The highest BCUT2D eigenvalue weighted by molar-refractivity contribution is 7.18. The maximum absolute atomic E-state index is 5.99. The van der Waals surface area contributed by atoms with E-state index < -0.39 is 0 Å². The first kappa shape index (κ1) is 11.0. The molecule has 0 bridgehead atoms. The van der Waals surface area contributed by atoms with Gasteiger partial charge in [-0.15, -0.1) is 11.3 Å². The fourth-order valence-corrected chi connectivity index (χ4v) is 2.56. The third kappa shape index (κ3) is 2.00. The maximum atomic E-state index is 5.99. The second kappa shape index (κ2) is 4.26. The molecule has 0 amide bonds. The number of fused-ring (bicyclic) bond motifs is 1. The number of hydrogen-bond acceptors (Lipinski definition) is 7. The highest BCUT2D eigenvalue weighted by atomic mass is 32.1. The van der Waals surface area contributed by atoms with Crippen LogP contribution in [-0.2, 0) is 6.54 Å². The summed E-state index contributed by atoms with van der Waals surface area (Å²) in [7, 11) is 0. The van der Waals surface area contributed by atoms with Crippen molar-refractivity contribution in [2.24, 2.45) is 0 Å². The number of aromatic nitrogens is 3. The van der Waals surface area contributed by atoms with Crippen LogP contribution in [0.1, 0.15) is 10.8 Å². The zero-order valence-corrected chi connectivity index (χ0v) is 10.5. The summed E-state index contributed by atoms with van der Waals surface area (Å²) in [5, 5.41) is 7.92. The van der Waals surface area contributed by atoms with Gasteiger partial charge in [-0.25, -0.2) is 4.98 Å². The first-order valence-electron chi connectivity index (χ1n) is 5.38. The van der Waals surface area contributed by atoms with Crippen LogP contribution in [0.25, 0.3) is 10.2 Å². The molecule has 0 spiro atoms. The second-order valence-corrected chi connectivity index (χ2v) is 5.08. The number of nitrogen functional groups attached to an aromatic ring is 1. The standard InChI is InChI=1S/C11H11N5OS/c1-6-15-9-3-8(7(12)2-10(9)18-6)13-4-11-14-5-17-16-11/h2-3,5,13H,4,12H2,1H3. The van der Waals surface area contributed by atoms with Crippen LogP contribution in [0.4, 0.5) is 11.4 Å². The van der Waals surface area contributed by atoms with Crippen LogP contribution in [0, 0.1) is 6.92 Å². The van der Waals surface area contributed by atoms with Crippen LogP contribution >= 0.6 is 11.3 Å². The largest absolute Gasteiger partial charge is 0.397 e. The van der Waals surface area contributed by atoms with Crippen molar-refractivity contribution in [3.63, 3.8) is 0 Å². The summed E-state index contributed by atoms with van der Waals surface area (Å²) >= 11 is 1.63. The molecule has 0 aliphatic rings. The van der Waals surface area contributed by atoms with E-state index in [1.807, 2.05) is 19.1 Å². The van der Waals surface area contributed by atoms with Gasteiger partial charge in [0.1, 0.15) is 0 Å². The summed E-state index contributed by atoms with van der Waals surface area (Å²) in [4.78, 5) is 8.37.